The third-order valence-corrected chi connectivity index (χ3v) is 5.40. The summed E-state index contributed by atoms with van der Waals surface area (Å²) in [4.78, 5) is 30.9. The molecule has 2 aromatic rings. The van der Waals surface area contributed by atoms with E-state index in [-0.39, 0.29) is 24.1 Å². The van der Waals surface area contributed by atoms with Crippen LogP contribution in [0.4, 0.5) is 15.8 Å². The lowest BCUT2D eigenvalue weighted by Gasteiger charge is -2.38. The third-order valence-electron chi connectivity index (χ3n) is 5.40. The molecule has 6 nitrogen and oxygen atoms in total. The van der Waals surface area contributed by atoms with E-state index in [0.717, 1.165) is 0 Å². The molecule has 1 atom stereocenters. The van der Waals surface area contributed by atoms with Gasteiger partial charge in [-0.15, -0.1) is 0 Å². The molecule has 2 fully saturated rings. The summed E-state index contributed by atoms with van der Waals surface area (Å²) in [5.74, 6) is -0.204. The molecule has 0 aromatic heterocycles. The monoisotopic (exact) mass is 383 g/mol. The van der Waals surface area contributed by atoms with E-state index in [1.807, 2.05) is 15.9 Å². The number of methoxy groups -OCH3 is 1. The van der Waals surface area contributed by atoms with Crippen molar-refractivity contribution in [2.45, 2.75) is 12.5 Å². The van der Waals surface area contributed by atoms with Crippen molar-refractivity contribution >= 4 is 23.2 Å². The Morgan fingerprint density at radius 3 is 2.25 bits per heavy atom. The molecular formula is C21H22FN3O3. The van der Waals surface area contributed by atoms with Gasteiger partial charge in [0.25, 0.3) is 5.91 Å². The van der Waals surface area contributed by atoms with Crippen LogP contribution < -0.4 is 14.5 Å². The van der Waals surface area contributed by atoms with Gasteiger partial charge in [-0.3, -0.25) is 14.5 Å². The van der Waals surface area contributed by atoms with Crippen molar-refractivity contribution in [3.8, 4) is 5.75 Å². The number of imide groups is 1. The van der Waals surface area contributed by atoms with Crippen LogP contribution in [0.1, 0.15) is 6.42 Å². The first-order valence-electron chi connectivity index (χ1n) is 9.33. The number of hydrogen-bond donors (Lipinski definition) is 0. The fourth-order valence-corrected chi connectivity index (χ4v) is 3.95. The zero-order valence-electron chi connectivity index (χ0n) is 15.7. The van der Waals surface area contributed by atoms with Crippen molar-refractivity contribution in [2.75, 3.05) is 43.1 Å². The Morgan fingerprint density at radius 1 is 0.929 bits per heavy atom. The molecule has 2 aliphatic heterocycles. The van der Waals surface area contributed by atoms with Crippen LogP contribution in [0.15, 0.2) is 48.5 Å². The number of anilines is 2. The molecule has 2 amide bonds. The highest BCUT2D eigenvalue weighted by molar-refractivity contribution is 6.23. The smallest absolute Gasteiger partial charge is 0.251 e. The number of hydrogen-bond acceptors (Lipinski definition) is 5. The van der Waals surface area contributed by atoms with Crippen LogP contribution in [0.3, 0.4) is 0 Å². The maximum atomic E-state index is 14.0. The van der Waals surface area contributed by atoms with E-state index in [0.29, 0.717) is 43.3 Å². The van der Waals surface area contributed by atoms with Crippen molar-refractivity contribution in [1.82, 2.24) is 4.90 Å². The minimum atomic E-state index is -0.486. The largest absolute Gasteiger partial charge is 0.495 e. The quantitative estimate of drug-likeness (QED) is 0.759. The molecule has 4 rings (SSSR count). The first-order chi connectivity index (χ1) is 13.6. The number of nitrogens with zero attached hydrogens (tertiary/aromatic N) is 3. The van der Waals surface area contributed by atoms with E-state index in [9.17, 15) is 14.0 Å². The molecule has 0 bridgehead atoms. The lowest BCUT2D eigenvalue weighted by molar-refractivity contribution is -0.123. The van der Waals surface area contributed by atoms with Crippen LogP contribution in [0.2, 0.25) is 0 Å². The van der Waals surface area contributed by atoms with Crippen LogP contribution in [0, 0.1) is 5.82 Å². The van der Waals surface area contributed by atoms with Crippen LogP contribution >= 0.6 is 0 Å². The SMILES string of the molecule is COc1ccccc1N1C(=O)C[C@@H](N2CCN(c3ccccc3F)CC2)C1=O. The predicted octanol–water partition coefficient (Wildman–Crippen LogP) is 2.29. The highest BCUT2D eigenvalue weighted by atomic mass is 19.1. The number of carbonyl (C=O) groups excluding carboxylic acids is 2. The number of benzene rings is 2. The summed E-state index contributed by atoms with van der Waals surface area (Å²) in [5.41, 5.74) is 1.05. The molecule has 0 aliphatic carbocycles. The van der Waals surface area contributed by atoms with Gasteiger partial charge in [0, 0.05) is 26.2 Å². The predicted molar refractivity (Wildman–Crippen MR) is 104 cm³/mol. The van der Waals surface area contributed by atoms with Gasteiger partial charge in [0.1, 0.15) is 11.6 Å². The molecule has 2 aliphatic rings. The van der Waals surface area contributed by atoms with Crippen molar-refractivity contribution in [3.63, 3.8) is 0 Å². The van der Waals surface area contributed by atoms with Crippen LogP contribution in [-0.2, 0) is 9.59 Å². The molecular weight excluding hydrogens is 361 g/mol. The normalized spacial score (nSPS) is 20.7. The second-order valence-electron chi connectivity index (χ2n) is 6.93. The Hall–Kier alpha value is -2.93. The van der Waals surface area contributed by atoms with Crippen molar-refractivity contribution in [1.29, 1.82) is 0 Å². The minimum Gasteiger partial charge on any atom is -0.495 e. The second-order valence-corrected chi connectivity index (χ2v) is 6.93. The van der Waals surface area contributed by atoms with Crippen LogP contribution in [0.5, 0.6) is 5.75 Å². The van der Waals surface area contributed by atoms with Gasteiger partial charge >= 0.3 is 0 Å². The molecule has 2 saturated heterocycles. The number of halogens is 1. The molecule has 28 heavy (non-hydrogen) atoms. The summed E-state index contributed by atoms with van der Waals surface area (Å²) >= 11 is 0. The molecule has 0 unspecified atom stereocenters. The molecule has 0 N–H and O–H groups in total. The average Bonchev–Trinajstić information content (AvgIpc) is 3.02. The fraction of sp³-hybridized carbons (Fsp3) is 0.333. The summed E-state index contributed by atoms with van der Waals surface area (Å²) in [6.07, 6.45) is 0.149. The molecule has 0 spiro atoms. The summed E-state index contributed by atoms with van der Waals surface area (Å²) < 4.78 is 19.3. The second kappa shape index (κ2) is 7.59. The highest BCUT2D eigenvalue weighted by Crippen LogP contribution is 2.33. The lowest BCUT2D eigenvalue weighted by atomic mass is 10.1. The standard InChI is InChI=1S/C21H22FN3O3/c1-28-19-9-5-4-8-17(19)25-20(26)14-18(21(25)27)24-12-10-23(11-13-24)16-7-3-2-6-15(16)22/h2-9,18H,10-14H2,1H3/t18-/m1/s1. The summed E-state index contributed by atoms with van der Waals surface area (Å²) in [5, 5.41) is 0. The molecule has 146 valence electrons. The topological polar surface area (TPSA) is 53.1 Å². The Labute approximate surface area is 163 Å². The van der Waals surface area contributed by atoms with Crippen molar-refractivity contribution < 1.29 is 18.7 Å². The molecule has 0 saturated carbocycles. The molecule has 7 heteroatoms. The van der Waals surface area contributed by atoms with Gasteiger partial charge in [-0.2, -0.15) is 0 Å². The molecule has 2 heterocycles. The van der Waals surface area contributed by atoms with Gasteiger partial charge in [0.05, 0.1) is 30.9 Å². The Balaban J connectivity index is 1.47. The zero-order chi connectivity index (χ0) is 19.7. The first kappa shape index (κ1) is 18.4. The van der Waals surface area contributed by atoms with Crippen LogP contribution in [-0.4, -0.2) is 56.0 Å². The number of amides is 2. The van der Waals surface area contributed by atoms with E-state index < -0.39 is 6.04 Å². The number of carbonyl (C=O) groups is 2. The first-order valence-corrected chi connectivity index (χ1v) is 9.33. The van der Waals surface area contributed by atoms with Crippen LogP contribution in [0.25, 0.3) is 0 Å². The summed E-state index contributed by atoms with van der Waals surface area (Å²) in [7, 11) is 1.52. The number of ether oxygens (including phenoxy) is 1. The summed E-state index contributed by atoms with van der Waals surface area (Å²) in [6, 6.07) is 13.2. The molecule has 0 radical (unpaired) electrons. The van der Waals surface area contributed by atoms with E-state index >= 15 is 0 Å². The van der Waals surface area contributed by atoms with Gasteiger partial charge in [-0.1, -0.05) is 24.3 Å². The highest BCUT2D eigenvalue weighted by Gasteiger charge is 2.44. The van der Waals surface area contributed by atoms with E-state index in [1.165, 1.54) is 18.1 Å². The average molecular weight is 383 g/mol. The Kier molecular flexibility index (Phi) is 5.00. The Bertz CT molecular complexity index is 896. The summed E-state index contributed by atoms with van der Waals surface area (Å²) in [6.45, 7) is 2.40. The number of rotatable bonds is 4. The fourth-order valence-electron chi connectivity index (χ4n) is 3.95. The Morgan fingerprint density at radius 2 is 1.57 bits per heavy atom. The van der Waals surface area contributed by atoms with E-state index in [2.05, 4.69) is 0 Å². The van der Waals surface area contributed by atoms with Gasteiger partial charge in [0.15, 0.2) is 0 Å². The maximum Gasteiger partial charge on any atom is 0.251 e. The molecule has 2 aromatic carbocycles. The van der Waals surface area contributed by atoms with E-state index in [4.69, 9.17) is 4.74 Å². The third kappa shape index (κ3) is 3.22. The van der Waals surface area contributed by atoms with Gasteiger partial charge in [-0.05, 0) is 24.3 Å². The van der Waals surface area contributed by atoms with Crippen molar-refractivity contribution in [3.05, 3.63) is 54.3 Å². The maximum absolute atomic E-state index is 14.0. The van der Waals surface area contributed by atoms with Crippen molar-refractivity contribution in [2.24, 2.45) is 0 Å². The lowest BCUT2D eigenvalue weighted by Crippen LogP contribution is -2.52. The van der Waals surface area contributed by atoms with E-state index in [1.54, 1.807) is 36.4 Å². The minimum absolute atomic E-state index is 0.149. The zero-order valence-corrected chi connectivity index (χ0v) is 15.7. The van der Waals surface area contributed by atoms with Gasteiger partial charge < -0.3 is 9.64 Å². The van der Waals surface area contributed by atoms with Gasteiger partial charge in [0.2, 0.25) is 5.91 Å². The number of piperazine rings is 1. The number of para-hydroxylation sites is 3. The van der Waals surface area contributed by atoms with Gasteiger partial charge in [-0.25, -0.2) is 9.29 Å².